The predicted molar refractivity (Wildman–Crippen MR) is 104 cm³/mol. The van der Waals surface area contributed by atoms with Crippen LogP contribution in [-0.4, -0.2) is 28.1 Å². The number of rotatable bonds is 0. The minimum Gasteiger partial charge on any atom is -0.485 e. The Balaban J connectivity index is 1.68. The Kier molecular flexibility index (Phi) is 4.93. The van der Waals surface area contributed by atoms with Crippen LogP contribution in [0.15, 0.2) is 70.1 Å². The molecule has 1 aromatic carbocycles. The van der Waals surface area contributed by atoms with Gasteiger partial charge in [0, 0.05) is 25.4 Å². The van der Waals surface area contributed by atoms with Crippen LogP contribution >= 0.6 is 0 Å². The van der Waals surface area contributed by atoms with Crippen molar-refractivity contribution in [2.75, 3.05) is 0 Å². The number of benzene rings is 1. The Hall–Kier alpha value is -3.46. The molecule has 27 heavy (non-hydrogen) atoms. The van der Waals surface area contributed by atoms with E-state index in [4.69, 9.17) is 4.74 Å². The van der Waals surface area contributed by atoms with E-state index in [1.54, 1.807) is 12.4 Å². The van der Waals surface area contributed by atoms with Crippen LogP contribution in [0.1, 0.15) is 17.7 Å². The second kappa shape index (κ2) is 7.83. The number of nitrogens with zero attached hydrogens (tertiary/aromatic N) is 5. The minimum absolute atomic E-state index is 0.286. The van der Waals surface area contributed by atoms with Crippen LogP contribution in [0.3, 0.4) is 0 Å². The van der Waals surface area contributed by atoms with Gasteiger partial charge in [0.25, 0.3) is 0 Å². The van der Waals surface area contributed by atoms with Crippen molar-refractivity contribution in [1.82, 2.24) is 9.55 Å². The molecule has 6 heteroatoms. The molecule has 0 radical (unpaired) electrons. The molecule has 0 spiro atoms. The summed E-state index contributed by atoms with van der Waals surface area (Å²) in [4.78, 5) is 13.0. The van der Waals surface area contributed by atoms with Crippen molar-refractivity contribution in [3.05, 3.63) is 71.3 Å². The van der Waals surface area contributed by atoms with Gasteiger partial charge in [-0.2, -0.15) is 5.26 Å². The summed E-state index contributed by atoms with van der Waals surface area (Å²) in [5.74, 6) is 0.749. The fraction of sp³-hybridized carbons (Fsp3) is 0.238. The molecular formula is C21H19N5O. The molecule has 0 N–H and O–H groups in total. The Morgan fingerprint density at radius 1 is 1.15 bits per heavy atom. The number of aliphatic imine (C=N–C) groups is 2. The average Bonchev–Trinajstić information content (AvgIpc) is 3.11. The van der Waals surface area contributed by atoms with Crippen LogP contribution in [0.5, 0.6) is 5.75 Å². The summed E-state index contributed by atoms with van der Waals surface area (Å²) in [6, 6.07) is 10.1. The van der Waals surface area contributed by atoms with E-state index in [0.717, 1.165) is 17.0 Å². The van der Waals surface area contributed by atoms with Crippen LogP contribution in [0, 0.1) is 11.3 Å². The molecule has 0 fully saturated rings. The fourth-order valence-corrected chi connectivity index (χ4v) is 3.18. The summed E-state index contributed by atoms with van der Waals surface area (Å²) in [6.07, 6.45) is 11.3. The van der Waals surface area contributed by atoms with Crippen molar-refractivity contribution in [3.8, 4) is 11.8 Å². The molecular weight excluding hydrogens is 338 g/mol. The number of hydrogen-bond acceptors (Lipinski definition) is 5. The van der Waals surface area contributed by atoms with Gasteiger partial charge in [-0.25, -0.2) is 4.98 Å². The molecule has 6 nitrogen and oxygen atoms in total. The number of nitriles is 1. The SMILES string of the molecule is N#CC1=CC=C2CC1Oc1cccc(c1)CN=CC=NCc1cncn1C2. The van der Waals surface area contributed by atoms with E-state index < -0.39 is 0 Å². The third kappa shape index (κ3) is 4.04. The molecule has 1 aromatic heterocycles. The normalized spacial score (nSPS) is 19.3. The van der Waals surface area contributed by atoms with E-state index in [0.29, 0.717) is 31.6 Å². The molecule has 0 amide bonds. The number of hydrogen-bond donors (Lipinski definition) is 0. The van der Waals surface area contributed by atoms with E-state index in [1.807, 2.05) is 48.9 Å². The lowest BCUT2D eigenvalue weighted by Crippen LogP contribution is -2.23. The van der Waals surface area contributed by atoms with Gasteiger partial charge in [0.2, 0.25) is 0 Å². The molecule has 0 saturated heterocycles. The highest BCUT2D eigenvalue weighted by Crippen LogP contribution is 2.26. The van der Waals surface area contributed by atoms with Crippen LogP contribution in [0.4, 0.5) is 0 Å². The molecule has 1 aliphatic carbocycles. The third-order valence-corrected chi connectivity index (χ3v) is 4.58. The largest absolute Gasteiger partial charge is 0.485 e. The zero-order chi connectivity index (χ0) is 18.5. The second-order valence-corrected chi connectivity index (χ2v) is 6.51. The quantitative estimate of drug-likeness (QED) is 0.726. The van der Waals surface area contributed by atoms with Crippen molar-refractivity contribution in [2.45, 2.75) is 32.2 Å². The Morgan fingerprint density at radius 2 is 2.04 bits per heavy atom. The molecule has 134 valence electrons. The highest BCUT2D eigenvalue weighted by Gasteiger charge is 2.22. The first kappa shape index (κ1) is 17.0. The van der Waals surface area contributed by atoms with Crippen LogP contribution < -0.4 is 4.74 Å². The maximum atomic E-state index is 9.47. The first-order chi connectivity index (χ1) is 13.3. The van der Waals surface area contributed by atoms with Crippen LogP contribution in [0.2, 0.25) is 0 Å². The predicted octanol–water partition coefficient (Wildman–Crippen LogP) is 3.27. The molecule has 1 atom stereocenters. The monoisotopic (exact) mass is 357 g/mol. The van der Waals surface area contributed by atoms with Gasteiger partial charge in [-0.05, 0) is 29.3 Å². The molecule has 2 aliphatic rings. The van der Waals surface area contributed by atoms with Gasteiger partial charge in [0.1, 0.15) is 11.9 Å². The maximum Gasteiger partial charge on any atom is 0.137 e. The third-order valence-electron chi connectivity index (χ3n) is 4.58. The zero-order valence-corrected chi connectivity index (χ0v) is 14.8. The van der Waals surface area contributed by atoms with Crippen molar-refractivity contribution >= 4 is 12.4 Å². The fourth-order valence-electron chi connectivity index (χ4n) is 3.18. The zero-order valence-electron chi connectivity index (χ0n) is 14.8. The molecule has 0 saturated carbocycles. The second-order valence-electron chi connectivity index (χ2n) is 6.51. The first-order valence-electron chi connectivity index (χ1n) is 8.84. The van der Waals surface area contributed by atoms with Crippen LogP contribution in [0.25, 0.3) is 0 Å². The van der Waals surface area contributed by atoms with E-state index in [-0.39, 0.29) is 6.10 Å². The van der Waals surface area contributed by atoms with Gasteiger partial charge in [-0.15, -0.1) is 0 Å². The van der Waals surface area contributed by atoms with Crippen molar-refractivity contribution in [3.63, 3.8) is 0 Å². The number of ether oxygens (including phenoxy) is 1. The minimum atomic E-state index is -0.286. The summed E-state index contributed by atoms with van der Waals surface area (Å²) >= 11 is 0. The Labute approximate surface area is 157 Å². The van der Waals surface area contributed by atoms with Gasteiger partial charge in [-0.1, -0.05) is 18.2 Å². The van der Waals surface area contributed by atoms with Gasteiger partial charge < -0.3 is 9.30 Å². The maximum absolute atomic E-state index is 9.47. The van der Waals surface area contributed by atoms with Gasteiger partial charge in [0.05, 0.1) is 42.9 Å². The van der Waals surface area contributed by atoms with Crippen LogP contribution in [-0.2, 0) is 19.6 Å². The number of imidazole rings is 1. The van der Waals surface area contributed by atoms with Crippen molar-refractivity contribution < 1.29 is 4.74 Å². The molecule has 4 bridgehead atoms. The number of aromatic nitrogens is 2. The van der Waals surface area contributed by atoms with Gasteiger partial charge in [0.15, 0.2) is 0 Å². The summed E-state index contributed by atoms with van der Waals surface area (Å²) in [6.45, 7) is 1.81. The van der Waals surface area contributed by atoms with E-state index in [2.05, 4.69) is 25.6 Å². The Bertz CT molecular complexity index is 990. The average molecular weight is 357 g/mol. The van der Waals surface area contributed by atoms with E-state index in [9.17, 15) is 5.26 Å². The lowest BCUT2D eigenvalue weighted by molar-refractivity contribution is 0.238. The number of fused-ring (bicyclic) bond motifs is 5. The topological polar surface area (TPSA) is 75.6 Å². The van der Waals surface area contributed by atoms with E-state index >= 15 is 0 Å². The molecule has 1 unspecified atom stereocenters. The molecule has 1 aliphatic heterocycles. The summed E-state index contributed by atoms with van der Waals surface area (Å²) in [5, 5.41) is 9.47. The molecule has 4 rings (SSSR count). The summed E-state index contributed by atoms with van der Waals surface area (Å²) in [5.41, 5.74) is 3.91. The molecule has 2 aromatic rings. The highest BCUT2D eigenvalue weighted by molar-refractivity contribution is 6.15. The Morgan fingerprint density at radius 3 is 2.93 bits per heavy atom. The lowest BCUT2D eigenvalue weighted by Gasteiger charge is -2.23. The summed E-state index contributed by atoms with van der Waals surface area (Å²) in [7, 11) is 0. The molecule has 2 heterocycles. The standard InChI is InChI=1S/C21H19N5O/c22-10-18-5-4-17-9-21(18)27-20-3-1-2-16(8-20)11-23-6-7-24-12-19-13-25-15-26(19)14-17/h1-8,13,15,21H,9,11-12,14H2. The smallest absolute Gasteiger partial charge is 0.137 e. The lowest BCUT2D eigenvalue weighted by atomic mass is 9.95. The van der Waals surface area contributed by atoms with Crippen molar-refractivity contribution in [1.29, 1.82) is 5.26 Å². The number of allylic oxidation sites excluding steroid dienone is 2. The summed E-state index contributed by atoms with van der Waals surface area (Å²) < 4.78 is 8.24. The first-order valence-corrected chi connectivity index (χ1v) is 8.84. The van der Waals surface area contributed by atoms with Gasteiger partial charge >= 0.3 is 0 Å². The van der Waals surface area contributed by atoms with Gasteiger partial charge in [-0.3, -0.25) is 9.98 Å². The van der Waals surface area contributed by atoms with E-state index in [1.165, 1.54) is 5.57 Å². The van der Waals surface area contributed by atoms with Crippen molar-refractivity contribution in [2.24, 2.45) is 9.98 Å². The highest BCUT2D eigenvalue weighted by atomic mass is 16.5.